The maximum atomic E-state index is 12.8. The van der Waals surface area contributed by atoms with Crippen LogP contribution in [0.5, 0.6) is 0 Å². The van der Waals surface area contributed by atoms with Crippen molar-refractivity contribution < 1.29 is 22.5 Å². The Labute approximate surface area is 154 Å². The van der Waals surface area contributed by atoms with E-state index in [9.17, 15) is 22.5 Å². The molecule has 0 aliphatic carbocycles. The van der Waals surface area contributed by atoms with Crippen molar-refractivity contribution in [3.63, 3.8) is 0 Å². The molecule has 2 aromatic rings. The van der Waals surface area contributed by atoms with E-state index in [-0.39, 0.29) is 11.4 Å². The Morgan fingerprint density at radius 3 is 2.73 bits per heavy atom. The molecular weight excluding hydrogens is 387 g/mol. The highest BCUT2D eigenvalue weighted by atomic mass is 32.2. The predicted molar refractivity (Wildman–Crippen MR) is 94.9 cm³/mol. The molecule has 0 bridgehead atoms. The molecule has 0 saturated carbocycles. The van der Waals surface area contributed by atoms with Crippen LogP contribution < -0.4 is 5.32 Å². The van der Waals surface area contributed by atoms with Crippen LogP contribution >= 0.6 is 11.3 Å². The van der Waals surface area contributed by atoms with Gasteiger partial charge in [0.15, 0.2) is 5.70 Å². The second kappa shape index (κ2) is 7.14. The average Bonchev–Trinajstić information content (AvgIpc) is 3.11. The zero-order valence-electron chi connectivity index (χ0n) is 13.3. The number of hydrogen-bond donors (Lipinski definition) is 1. The van der Waals surface area contributed by atoms with Crippen molar-refractivity contribution in [1.82, 2.24) is 4.31 Å². The quantitative estimate of drug-likeness (QED) is 0.802. The molecule has 0 spiro atoms. The fourth-order valence-corrected chi connectivity index (χ4v) is 3.68. The summed E-state index contributed by atoms with van der Waals surface area (Å²) in [4.78, 5) is 13.2. The lowest BCUT2D eigenvalue weighted by atomic mass is 10.2. The zero-order chi connectivity index (χ0) is 18.9. The van der Waals surface area contributed by atoms with Crippen LogP contribution in [0.2, 0.25) is 0 Å². The summed E-state index contributed by atoms with van der Waals surface area (Å²) in [6, 6.07) is 7.87. The second-order valence-electron chi connectivity index (χ2n) is 5.24. The van der Waals surface area contributed by atoms with Crippen molar-refractivity contribution in [2.24, 2.45) is 4.40 Å². The summed E-state index contributed by atoms with van der Waals surface area (Å²) in [5, 5.41) is 4.22. The maximum Gasteiger partial charge on any atom is 0.416 e. The van der Waals surface area contributed by atoms with Gasteiger partial charge < -0.3 is 9.87 Å². The number of carbonyl (C=O) groups is 1. The van der Waals surface area contributed by atoms with E-state index in [2.05, 4.69) is 9.71 Å². The Balaban J connectivity index is 1.86. The summed E-state index contributed by atoms with van der Waals surface area (Å²) >= 11 is -0.438. The van der Waals surface area contributed by atoms with E-state index in [4.69, 9.17) is 0 Å². The molecule has 3 rings (SSSR count). The molecule has 1 aromatic heterocycles. The van der Waals surface area contributed by atoms with Crippen LogP contribution in [0.1, 0.15) is 10.4 Å². The van der Waals surface area contributed by atoms with Crippen LogP contribution in [0.4, 0.5) is 18.9 Å². The largest absolute Gasteiger partial charge is 0.566 e. The van der Waals surface area contributed by atoms with Gasteiger partial charge >= 0.3 is 6.18 Å². The van der Waals surface area contributed by atoms with E-state index in [1.807, 2.05) is 5.38 Å². The number of thiophene rings is 1. The zero-order valence-corrected chi connectivity index (χ0v) is 14.9. The van der Waals surface area contributed by atoms with Crippen LogP contribution in [0.25, 0.3) is 0 Å². The Morgan fingerprint density at radius 2 is 2.08 bits per heavy atom. The highest BCUT2D eigenvalue weighted by Gasteiger charge is 2.32. The molecule has 26 heavy (non-hydrogen) atoms. The van der Waals surface area contributed by atoms with Gasteiger partial charge in [-0.1, -0.05) is 12.1 Å². The van der Waals surface area contributed by atoms with E-state index in [1.54, 1.807) is 12.1 Å². The van der Waals surface area contributed by atoms with Crippen LogP contribution in [0, 0.1) is 0 Å². The Morgan fingerprint density at radius 1 is 1.31 bits per heavy atom. The lowest BCUT2D eigenvalue weighted by molar-refractivity contribution is -0.137. The third-order valence-corrected chi connectivity index (χ3v) is 5.39. The molecule has 2 heterocycles. The summed E-state index contributed by atoms with van der Waals surface area (Å²) in [6.07, 6.45) is -3.06. The summed E-state index contributed by atoms with van der Waals surface area (Å²) in [6.45, 7) is 0. The van der Waals surface area contributed by atoms with E-state index in [0.29, 0.717) is 5.71 Å². The van der Waals surface area contributed by atoms with Gasteiger partial charge in [0.05, 0.1) is 17.5 Å². The summed E-state index contributed by atoms with van der Waals surface area (Å²) in [5.74, 6) is -0.677. The van der Waals surface area contributed by atoms with Crippen molar-refractivity contribution in [1.29, 1.82) is 0 Å². The molecule has 0 fully saturated rings. The second-order valence-corrected chi connectivity index (χ2v) is 7.38. The maximum absolute atomic E-state index is 12.8. The standard InChI is InChI=1S/C16H12F3N3O2S2/c1-22-13(9-12(21-26(22)24)14-6-3-7-25-14)15(23)20-11-5-2-4-10(8-11)16(17,18)19/h2-9H,1H3,(H,20,23). The number of benzene rings is 1. The average molecular weight is 399 g/mol. The van der Waals surface area contributed by atoms with Crippen LogP contribution in [0.3, 0.4) is 0 Å². The third kappa shape index (κ3) is 3.92. The summed E-state index contributed by atoms with van der Waals surface area (Å²) in [5.41, 5.74) is -0.458. The van der Waals surface area contributed by atoms with E-state index >= 15 is 0 Å². The van der Waals surface area contributed by atoms with Gasteiger partial charge in [0, 0.05) is 11.8 Å². The number of rotatable bonds is 3. The molecule has 1 aliphatic rings. The van der Waals surface area contributed by atoms with E-state index < -0.39 is 29.2 Å². The Bertz CT molecular complexity index is 879. The number of alkyl halides is 3. The van der Waals surface area contributed by atoms with Gasteiger partial charge in [-0.15, -0.1) is 11.3 Å². The van der Waals surface area contributed by atoms with Gasteiger partial charge in [-0.05, 0) is 34.0 Å². The molecule has 0 radical (unpaired) electrons. The molecular formula is C16H12F3N3O2S2. The first kappa shape index (κ1) is 18.5. The molecule has 1 amide bonds. The molecule has 1 N–H and O–H groups in total. The number of likely N-dealkylation sites (N-methyl/N-ethyl adjacent to an activating group) is 1. The Kier molecular flexibility index (Phi) is 5.08. The monoisotopic (exact) mass is 399 g/mol. The first-order valence-electron chi connectivity index (χ1n) is 7.24. The number of allylic oxidation sites excluding steroid dienone is 1. The van der Waals surface area contributed by atoms with Crippen LogP contribution in [-0.4, -0.2) is 27.5 Å². The molecule has 0 saturated heterocycles. The van der Waals surface area contributed by atoms with Gasteiger partial charge in [-0.2, -0.15) is 17.5 Å². The number of nitrogens with zero attached hydrogens (tertiary/aromatic N) is 2. The number of amides is 1. The SMILES string of the molecule is CN1C(C(=O)Nc2cccc(C(F)(F)F)c2)=CC(c2cccs2)=N[S+]1[O-]. The fraction of sp³-hybridized carbons (Fsp3) is 0.125. The number of halogens is 3. The number of nitrogens with one attached hydrogen (secondary N) is 1. The predicted octanol–water partition coefficient (Wildman–Crippen LogP) is 3.60. The number of hydrogen-bond acceptors (Lipinski definition) is 5. The topological polar surface area (TPSA) is 67.8 Å². The van der Waals surface area contributed by atoms with Crippen LogP contribution in [-0.2, 0) is 22.5 Å². The molecule has 1 aliphatic heterocycles. The van der Waals surface area contributed by atoms with E-state index in [1.165, 1.54) is 36.6 Å². The van der Waals surface area contributed by atoms with Crippen molar-refractivity contribution >= 4 is 40.2 Å². The molecule has 10 heteroatoms. The van der Waals surface area contributed by atoms with Crippen molar-refractivity contribution in [2.45, 2.75) is 6.18 Å². The van der Waals surface area contributed by atoms with Crippen molar-refractivity contribution in [3.05, 3.63) is 64.0 Å². The minimum absolute atomic E-state index is 0.00917. The molecule has 136 valence electrons. The minimum atomic E-state index is -4.51. The van der Waals surface area contributed by atoms with Crippen molar-refractivity contribution in [3.8, 4) is 0 Å². The first-order valence-corrected chi connectivity index (χ1v) is 9.18. The molecule has 1 atom stereocenters. The number of anilines is 1. The van der Waals surface area contributed by atoms with E-state index in [0.717, 1.165) is 21.3 Å². The fourth-order valence-electron chi connectivity index (χ4n) is 2.19. The summed E-state index contributed by atoms with van der Waals surface area (Å²) < 4.78 is 55.7. The highest BCUT2D eigenvalue weighted by molar-refractivity contribution is 7.88. The van der Waals surface area contributed by atoms with Gasteiger partial charge in [-0.3, -0.25) is 4.79 Å². The lowest BCUT2D eigenvalue weighted by Gasteiger charge is -2.23. The lowest BCUT2D eigenvalue weighted by Crippen LogP contribution is -2.35. The number of carbonyl (C=O) groups excluding carboxylic acids is 1. The smallest absolute Gasteiger partial charge is 0.416 e. The van der Waals surface area contributed by atoms with Gasteiger partial charge in [-0.25, -0.2) is 0 Å². The molecule has 1 unspecified atom stereocenters. The normalized spacial score (nSPS) is 17.6. The highest BCUT2D eigenvalue weighted by Crippen LogP contribution is 2.31. The Hall–Kier alpha value is -2.30. The van der Waals surface area contributed by atoms with Gasteiger partial charge in [0.1, 0.15) is 5.71 Å². The van der Waals surface area contributed by atoms with Gasteiger partial charge in [0.2, 0.25) is 11.5 Å². The molecule has 5 nitrogen and oxygen atoms in total. The molecule has 1 aromatic carbocycles. The van der Waals surface area contributed by atoms with Crippen LogP contribution in [0.15, 0.2) is 57.9 Å². The van der Waals surface area contributed by atoms with Gasteiger partial charge in [0.25, 0.3) is 5.91 Å². The third-order valence-electron chi connectivity index (χ3n) is 3.48. The summed E-state index contributed by atoms with van der Waals surface area (Å²) in [7, 11) is 1.42. The first-order chi connectivity index (χ1) is 12.3. The van der Waals surface area contributed by atoms with Crippen molar-refractivity contribution in [2.75, 3.05) is 12.4 Å². The minimum Gasteiger partial charge on any atom is -0.566 e.